The molecule has 1 atom stereocenters. The topological polar surface area (TPSA) is 149 Å². The molecule has 14 heteroatoms. The van der Waals surface area contributed by atoms with Crippen LogP contribution in [0.25, 0.3) is 15.4 Å². The van der Waals surface area contributed by atoms with Crippen molar-refractivity contribution in [3.63, 3.8) is 0 Å². The number of azide groups is 1. The summed E-state index contributed by atoms with van der Waals surface area (Å²) in [5, 5.41) is 16.7. The maximum absolute atomic E-state index is 13.0. The predicted octanol–water partition coefficient (Wildman–Crippen LogP) is 4.67. The summed E-state index contributed by atoms with van der Waals surface area (Å²) in [5.41, 5.74) is 12.1. The van der Waals surface area contributed by atoms with E-state index in [4.69, 9.17) is 36.3 Å². The van der Waals surface area contributed by atoms with Crippen LogP contribution in [-0.2, 0) is 19.0 Å². The fraction of sp³-hybridized carbons (Fsp3) is 0.481. The molecule has 1 aliphatic heterocycles. The third kappa shape index (κ3) is 7.91. The highest BCUT2D eigenvalue weighted by atomic mass is 35.5. The number of thiophene rings is 1. The summed E-state index contributed by atoms with van der Waals surface area (Å²) in [6.07, 6.45) is 0.116. The van der Waals surface area contributed by atoms with Gasteiger partial charge in [-0.15, -0.1) is 21.5 Å². The predicted molar refractivity (Wildman–Crippen MR) is 157 cm³/mol. The molecule has 3 aromatic rings. The Labute approximate surface area is 247 Å². The second-order valence-corrected chi connectivity index (χ2v) is 10.9. The van der Waals surface area contributed by atoms with E-state index in [1.54, 1.807) is 11.3 Å². The number of nitrogens with one attached hydrogen (secondary N) is 1. The summed E-state index contributed by atoms with van der Waals surface area (Å²) in [6, 6.07) is 7.07. The van der Waals surface area contributed by atoms with E-state index < -0.39 is 6.04 Å². The van der Waals surface area contributed by atoms with Crippen LogP contribution in [-0.4, -0.2) is 79.1 Å². The molecule has 0 radical (unpaired) electrons. The average Bonchev–Trinajstić information content (AvgIpc) is 3.43. The third-order valence-electron chi connectivity index (χ3n) is 6.45. The quantitative estimate of drug-likeness (QED) is 0.116. The molecule has 3 heterocycles. The van der Waals surface area contributed by atoms with Gasteiger partial charge in [0.1, 0.15) is 16.9 Å². The number of aryl methyl sites for hydroxylation is 2. The number of nitrogens with zero attached hydrogens (tertiary/aromatic N) is 7. The second-order valence-electron chi connectivity index (χ2n) is 9.25. The summed E-state index contributed by atoms with van der Waals surface area (Å²) in [5.74, 6) is 1.23. The monoisotopic (exact) mass is 600 g/mol. The summed E-state index contributed by atoms with van der Waals surface area (Å²) >= 11 is 7.84. The van der Waals surface area contributed by atoms with E-state index in [1.165, 1.54) is 4.88 Å². The van der Waals surface area contributed by atoms with Crippen molar-refractivity contribution in [2.45, 2.75) is 33.2 Å². The molecule has 1 aromatic carbocycles. The Bertz CT molecular complexity index is 1420. The Morgan fingerprint density at radius 1 is 1.07 bits per heavy atom. The number of hydrogen-bond donors (Lipinski definition) is 1. The summed E-state index contributed by atoms with van der Waals surface area (Å²) < 4.78 is 18.3. The molecule has 4 rings (SSSR count). The van der Waals surface area contributed by atoms with Crippen LogP contribution in [0.3, 0.4) is 0 Å². The van der Waals surface area contributed by atoms with Crippen molar-refractivity contribution >= 4 is 34.6 Å². The molecule has 218 valence electrons. The lowest BCUT2D eigenvalue weighted by atomic mass is 9.99. The highest BCUT2D eigenvalue weighted by molar-refractivity contribution is 7.15. The Morgan fingerprint density at radius 3 is 2.46 bits per heavy atom. The van der Waals surface area contributed by atoms with Crippen molar-refractivity contribution < 1.29 is 19.0 Å². The van der Waals surface area contributed by atoms with Crippen LogP contribution in [0, 0.1) is 20.8 Å². The number of amides is 1. The molecule has 41 heavy (non-hydrogen) atoms. The number of aromatic nitrogens is 3. The number of ether oxygens (including phenoxy) is 3. The third-order valence-corrected chi connectivity index (χ3v) is 7.89. The van der Waals surface area contributed by atoms with Crippen LogP contribution in [0.15, 0.2) is 34.4 Å². The number of benzene rings is 1. The molecule has 1 unspecified atom stereocenters. The Balaban J connectivity index is 1.34. The van der Waals surface area contributed by atoms with Gasteiger partial charge < -0.3 is 19.5 Å². The van der Waals surface area contributed by atoms with E-state index in [9.17, 15) is 4.79 Å². The minimum absolute atomic E-state index is 0.116. The van der Waals surface area contributed by atoms with E-state index in [0.29, 0.717) is 63.6 Å². The molecule has 0 aliphatic carbocycles. The van der Waals surface area contributed by atoms with Crippen LogP contribution in [0.2, 0.25) is 5.02 Å². The van der Waals surface area contributed by atoms with Crippen molar-refractivity contribution in [1.29, 1.82) is 0 Å². The zero-order valence-electron chi connectivity index (χ0n) is 23.3. The molecule has 0 saturated heterocycles. The van der Waals surface area contributed by atoms with Crippen LogP contribution in [0.1, 0.15) is 45.7 Å². The van der Waals surface area contributed by atoms with Gasteiger partial charge in [-0.25, -0.2) is 0 Å². The standard InChI is InChI=1S/C27H33ClN8O4S/c1-17-18(2)41-27-24(17)25(20-4-6-21(28)7-5-20)32-22(26-34-33-19(3)36(26)27)16-23(37)30-8-10-38-12-14-40-15-13-39-11-9-31-35-29/h4-7,22H,8-16H2,1-3H3,(H,30,37). The van der Waals surface area contributed by atoms with Gasteiger partial charge in [-0.05, 0) is 44.0 Å². The van der Waals surface area contributed by atoms with Crippen LogP contribution in [0.4, 0.5) is 0 Å². The van der Waals surface area contributed by atoms with Crippen molar-refractivity contribution in [3.05, 3.63) is 72.9 Å². The first kappa shape index (κ1) is 30.6. The van der Waals surface area contributed by atoms with Crippen molar-refractivity contribution in [1.82, 2.24) is 20.1 Å². The lowest BCUT2D eigenvalue weighted by Gasteiger charge is -2.13. The lowest BCUT2D eigenvalue weighted by Crippen LogP contribution is -2.29. The Kier molecular flexibility index (Phi) is 11.3. The summed E-state index contributed by atoms with van der Waals surface area (Å²) in [4.78, 5) is 21.9. The highest BCUT2D eigenvalue weighted by Gasteiger charge is 2.32. The van der Waals surface area contributed by atoms with E-state index in [2.05, 4.69) is 39.4 Å². The van der Waals surface area contributed by atoms with E-state index in [-0.39, 0.29) is 12.3 Å². The van der Waals surface area contributed by atoms with E-state index >= 15 is 0 Å². The molecule has 0 bridgehead atoms. The van der Waals surface area contributed by atoms with Gasteiger partial charge in [0.05, 0.1) is 51.8 Å². The molecule has 1 aliphatic rings. The van der Waals surface area contributed by atoms with E-state index in [1.807, 2.05) is 35.8 Å². The van der Waals surface area contributed by atoms with Crippen LogP contribution >= 0.6 is 22.9 Å². The van der Waals surface area contributed by atoms with Crippen molar-refractivity contribution in [2.24, 2.45) is 10.1 Å². The number of fused-ring (bicyclic) bond motifs is 3. The number of carbonyl (C=O) groups excluding carboxylic acids is 1. The van der Waals surface area contributed by atoms with Gasteiger partial charge in [-0.2, -0.15) is 0 Å². The smallest absolute Gasteiger partial charge is 0.222 e. The molecule has 1 amide bonds. The SMILES string of the molecule is Cc1sc2c(c1C)C(c1ccc(Cl)cc1)=NC(CC(=O)NCCOCCOCCOCCN=[N+]=[N-])c1nnc(C)n1-2. The maximum Gasteiger partial charge on any atom is 0.222 e. The van der Waals surface area contributed by atoms with Gasteiger partial charge in [0.25, 0.3) is 0 Å². The van der Waals surface area contributed by atoms with Gasteiger partial charge in [-0.3, -0.25) is 14.4 Å². The molecule has 1 N–H and O–H groups in total. The first-order valence-electron chi connectivity index (χ1n) is 13.3. The Hall–Kier alpha value is -3.32. The normalized spacial score (nSPS) is 14.0. The highest BCUT2D eigenvalue weighted by Crippen LogP contribution is 2.39. The van der Waals surface area contributed by atoms with Crippen molar-refractivity contribution in [3.8, 4) is 5.00 Å². The maximum atomic E-state index is 13.0. The van der Waals surface area contributed by atoms with Crippen molar-refractivity contribution in [2.75, 3.05) is 52.7 Å². The van der Waals surface area contributed by atoms with Crippen LogP contribution in [0.5, 0.6) is 0 Å². The molecular formula is C27H33ClN8O4S. The second kappa shape index (κ2) is 15.1. The summed E-state index contributed by atoms with van der Waals surface area (Å²) in [6.45, 7) is 9.13. The average molecular weight is 601 g/mol. The zero-order valence-corrected chi connectivity index (χ0v) is 24.9. The first-order chi connectivity index (χ1) is 19.9. The number of carbonyl (C=O) groups is 1. The number of rotatable bonds is 15. The number of halogens is 1. The Morgan fingerprint density at radius 2 is 1.76 bits per heavy atom. The molecule has 0 spiro atoms. The first-order valence-corrected chi connectivity index (χ1v) is 14.5. The van der Waals surface area contributed by atoms with Gasteiger partial charge in [0.15, 0.2) is 5.82 Å². The minimum Gasteiger partial charge on any atom is -0.379 e. The zero-order chi connectivity index (χ0) is 29.2. The molecule has 12 nitrogen and oxygen atoms in total. The van der Waals surface area contributed by atoms with Gasteiger partial charge in [-0.1, -0.05) is 28.8 Å². The fourth-order valence-corrected chi connectivity index (χ4v) is 5.67. The fourth-order valence-electron chi connectivity index (χ4n) is 4.33. The molecule has 0 saturated carbocycles. The van der Waals surface area contributed by atoms with Gasteiger partial charge in [0.2, 0.25) is 5.91 Å². The molecule has 2 aromatic heterocycles. The van der Waals surface area contributed by atoms with Gasteiger partial charge in [0, 0.05) is 39.0 Å². The molecular weight excluding hydrogens is 568 g/mol. The lowest BCUT2D eigenvalue weighted by molar-refractivity contribution is -0.121. The largest absolute Gasteiger partial charge is 0.379 e. The van der Waals surface area contributed by atoms with Crippen LogP contribution < -0.4 is 5.32 Å². The summed E-state index contributed by atoms with van der Waals surface area (Å²) in [7, 11) is 0. The van der Waals surface area contributed by atoms with Gasteiger partial charge >= 0.3 is 0 Å². The number of hydrogen-bond acceptors (Lipinski definition) is 9. The number of aliphatic imine (C=N–C) groups is 1. The van der Waals surface area contributed by atoms with E-state index in [0.717, 1.165) is 33.2 Å². The molecule has 0 fully saturated rings. The minimum atomic E-state index is -0.524.